The number of esters is 1. The molecule has 1 aliphatic rings. The summed E-state index contributed by atoms with van der Waals surface area (Å²) in [6.07, 6.45) is 1.31. The number of Topliss-reactive ketones (excluding diaryl/α,β-unsaturated/α-hetero) is 1. The number of hydrogen-bond donors (Lipinski definition) is 2. The van der Waals surface area contributed by atoms with Gasteiger partial charge in [0.15, 0.2) is 0 Å². The first-order chi connectivity index (χ1) is 17.9. The summed E-state index contributed by atoms with van der Waals surface area (Å²) in [7, 11) is 1.27. The van der Waals surface area contributed by atoms with Crippen molar-refractivity contribution in [3.63, 3.8) is 0 Å². The van der Waals surface area contributed by atoms with Crippen molar-refractivity contribution in [2.75, 3.05) is 30.8 Å². The van der Waals surface area contributed by atoms with Gasteiger partial charge >= 0.3 is 18.0 Å². The van der Waals surface area contributed by atoms with Crippen molar-refractivity contribution in [3.8, 4) is 5.75 Å². The highest BCUT2D eigenvalue weighted by molar-refractivity contribution is 5.99. The van der Waals surface area contributed by atoms with Gasteiger partial charge in [0.05, 0.1) is 12.7 Å². The maximum Gasteiger partial charge on any atom is 0.371 e. The molecule has 3 aromatic rings. The van der Waals surface area contributed by atoms with Crippen LogP contribution in [0.15, 0.2) is 78.9 Å². The van der Waals surface area contributed by atoms with Gasteiger partial charge in [-0.25, -0.2) is 14.5 Å². The van der Waals surface area contributed by atoms with Crippen molar-refractivity contribution >= 4 is 29.2 Å². The Kier molecular flexibility index (Phi) is 8.15. The van der Waals surface area contributed by atoms with E-state index in [1.54, 1.807) is 36.4 Å². The first-order valence-electron chi connectivity index (χ1n) is 11.9. The molecule has 0 aromatic heterocycles. The van der Waals surface area contributed by atoms with Crippen LogP contribution in [-0.2, 0) is 16.0 Å². The van der Waals surface area contributed by atoms with E-state index in [2.05, 4.69) is 15.4 Å². The van der Waals surface area contributed by atoms with E-state index < -0.39 is 23.8 Å². The van der Waals surface area contributed by atoms with Gasteiger partial charge in [-0.05, 0) is 66.9 Å². The van der Waals surface area contributed by atoms with Gasteiger partial charge < -0.3 is 20.1 Å². The maximum absolute atomic E-state index is 16.2. The number of methoxy groups -OCH3 is 1. The van der Waals surface area contributed by atoms with Crippen LogP contribution in [0.25, 0.3) is 0 Å². The van der Waals surface area contributed by atoms with Crippen LogP contribution in [0.2, 0.25) is 0 Å². The van der Waals surface area contributed by atoms with E-state index in [1.807, 2.05) is 18.2 Å². The van der Waals surface area contributed by atoms with Gasteiger partial charge in [0.2, 0.25) is 5.78 Å². The largest absolute Gasteiger partial charge is 0.465 e. The molecule has 0 bridgehead atoms. The minimum absolute atomic E-state index is 0.124. The molecule has 8 nitrogen and oxygen atoms in total. The number of hydrogen-bond acceptors (Lipinski definition) is 6. The number of likely N-dealkylation sites (tertiary alicyclic amines) is 1. The maximum atomic E-state index is 16.2. The lowest BCUT2D eigenvalue weighted by molar-refractivity contribution is -0.191. The minimum Gasteiger partial charge on any atom is -0.465 e. The molecule has 1 saturated heterocycles. The standard InChI is InChI=1S/C28H28FN3O5/c1-36-26(34)21-11-15-24(16-12-21)37-28(29,32-17-5-6-18-32)25(33)19-20-9-13-23(14-10-20)31-27(35)30-22-7-3-2-4-8-22/h2-4,7-16H,5-6,17-19H2,1H3,(H2,30,31,35). The van der Waals surface area contributed by atoms with Crippen molar-refractivity contribution in [1.29, 1.82) is 0 Å². The number of carbonyl (C=O) groups is 3. The summed E-state index contributed by atoms with van der Waals surface area (Å²) in [5, 5.41) is 5.44. The van der Waals surface area contributed by atoms with Crippen LogP contribution in [0.4, 0.5) is 20.6 Å². The molecule has 37 heavy (non-hydrogen) atoms. The lowest BCUT2D eigenvalue weighted by Gasteiger charge is -2.33. The van der Waals surface area contributed by atoms with E-state index >= 15 is 4.39 Å². The van der Waals surface area contributed by atoms with Crippen LogP contribution in [-0.4, -0.2) is 48.9 Å². The van der Waals surface area contributed by atoms with Gasteiger partial charge in [0, 0.05) is 30.9 Å². The number of ketones is 1. The highest BCUT2D eigenvalue weighted by atomic mass is 19.2. The molecule has 1 aliphatic heterocycles. The molecule has 1 fully saturated rings. The van der Waals surface area contributed by atoms with Crippen LogP contribution in [0.1, 0.15) is 28.8 Å². The van der Waals surface area contributed by atoms with Crippen LogP contribution >= 0.6 is 0 Å². The van der Waals surface area contributed by atoms with Crippen LogP contribution in [0.5, 0.6) is 5.75 Å². The summed E-state index contributed by atoms with van der Waals surface area (Å²) in [5.74, 6) is -3.80. The first kappa shape index (κ1) is 25.8. The summed E-state index contributed by atoms with van der Waals surface area (Å²) in [5.41, 5.74) is 2.05. The number of carbonyl (C=O) groups excluding carboxylic acids is 3. The molecule has 0 saturated carbocycles. The molecule has 1 heterocycles. The number of amides is 2. The highest BCUT2D eigenvalue weighted by Crippen LogP contribution is 2.30. The number of alkyl halides is 1. The van der Waals surface area contributed by atoms with Crippen LogP contribution in [0, 0.1) is 0 Å². The van der Waals surface area contributed by atoms with Crippen molar-refractivity contribution in [2.24, 2.45) is 0 Å². The number of ether oxygens (including phenoxy) is 2. The van der Waals surface area contributed by atoms with Crippen molar-refractivity contribution in [2.45, 2.75) is 25.2 Å². The smallest absolute Gasteiger partial charge is 0.371 e. The first-order valence-corrected chi connectivity index (χ1v) is 11.9. The molecular formula is C28H28FN3O5. The molecule has 0 radical (unpaired) electrons. The second-order valence-corrected chi connectivity index (χ2v) is 8.62. The number of para-hydroxylation sites is 1. The predicted molar refractivity (Wildman–Crippen MR) is 137 cm³/mol. The molecule has 1 unspecified atom stereocenters. The normalized spacial score (nSPS) is 14.9. The Bertz CT molecular complexity index is 1230. The number of nitrogens with one attached hydrogen (secondary N) is 2. The third-order valence-corrected chi connectivity index (χ3v) is 5.99. The number of anilines is 2. The molecule has 0 aliphatic carbocycles. The second-order valence-electron chi connectivity index (χ2n) is 8.62. The van der Waals surface area contributed by atoms with Crippen LogP contribution < -0.4 is 15.4 Å². The Labute approximate surface area is 214 Å². The summed E-state index contributed by atoms with van der Waals surface area (Å²) in [4.78, 5) is 38.5. The zero-order valence-electron chi connectivity index (χ0n) is 20.4. The Morgan fingerprint density at radius 1 is 0.865 bits per heavy atom. The number of urea groups is 1. The van der Waals surface area contributed by atoms with Gasteiger partial charge in [-0.15, -0.1) is 0 Å². The molecule has 9 heteroatoms. The van der Waals surface area contributed by atoms with Crippen molar-refractivity contribution in [1.82, 2.24) is 4.90 Å². The zero-order valence-corrected chi connectivity index (χ0v) is 20.4. The molecule has 1 atom stereocenters. The molecule has 4 rings (SSSR count). The average Bonchev–Trinajstić information content (AvgIpc) is 3.46. The fourth-order valence-corrected chi connectivity index (χ4v) is 4.05. The van der Waals surface area contributed by atoms with Crippen molar-refractivity contribution < 1.29 is 28.2 Å². The summed E-state index contributed by atoms with van der Waals surface area (Å²) < 4.78 is 26.5. The van der Waals surface area contributed by atoms with E-state index in [0.717, 1.165) is 12.8 Å². The van der Waals surface area contributed by atoms with Gasteiger partial charge in [0.25, 0.3) is 0 Å². The number of halogens is 1. The van der Waals surface area contributed by atoms with E-state index in [4.69, 9.17) is 4.74 Å². The molecule has 3 aromatic carbocycles. The molecule has 192 valence electrons. The van der Waals surface area contributed by atoms with Crippen LogP contribution in [0.3, 0.4) is 0 Å². The van der Waals surface area contributed by atoms with Gasteiger partial charge in [-0.2, -0.15) is 4.39 Å². The zero-order chi connectivity index (χ0) is 26.3. The Balaban J connectivity index is 1.42. The third-order valence-electron chi connectivity index (χ3n) is 5.99. The van der Waals surface area contributed by atoms with E-state index in [0.29, 0.717) is 30.0 Å². The Morgan fingerprint density at radius 2 is 1.46 bits per heavy atom. The lowest BCUT2D eigenvalue weighted by atomic mass is 10.1. The Hall–Kier alpha value is -4.24. The third kappa shape index (κ3) is 6.50. The van der Waals surface area contributed by atoms with E-state index in [1.165, 1.54) is 36.3 Å². The fraction of sp³-hybridized carbons (Fsp3) is 0.250. The van der Waals surface area contributed by atoms with E-state index in [9.17, 15) is 14.4 Å². The van der Waals surface area contributed by atoms with Gasteiger partial charge in [-0.3, -0.25) is 4.79 Å². The van der Waals surface area contributed by atoms with E-state index in [-0.39, 0.29) is 17.7 Å². The second kappa shape index (κ2) is 11.7. The van der Waals surface area contributed by atoms with Crippen molar-refractivity contribution in [3.05, 3.63) is 90.0 Å². The molecular weight excluding hydrogens is 477 g/mol. The highest BCUT2D eigenvalue weighted by Gasteiger charge is 2.48. The van der Waals surface area contributed by atoms with Gasteiger partial charge in [-0.1, -0.05) is 30.3 Å². The summed E-state index contributed by atoms with van der Waals surface area (Å²) in [6.45, 7) is 0.781. The molecule has 2 amide bonds. The number of nitrogens with zero attached hydrogens (tertiary/aromatic N) is 1. The quantitative estimate of drug-likeness (QED) is 0.313. The topological polar surface area (TPSA) is 97.0 Å². The number of benzene rings is 3. The minimum atomic E-state index is -2.66. The summed E-state index contributed by atoms with van der Waals surface area (Å²) in [6, 6.07) is 21.0. The Morgan fingerprint density at radius 3 is 2.05 bits per heavy atom. The summed E-state index contributed by atoms with van der Waals surface area (Å²) >= 11 is 0. The fourth-order valence-electron chi connectivity index (χ4n) is 4.05. The molecule has 2 N–H and O–H groups in total. The SMILES string of the molecule is COC(=O)c1ccc(OC(F)(C(=O)Cc2ccc(NC(=O)Nc3ccccc3)cc2)N2CCCC2)cc1. The lowest BCUT2D eigenvalue weighted by Crippen LogP contribution is -2.55. The number of rotatable bonds is 9. The monoisotopic (exact) mass is 505 g/mol. The van der Waals surface area contributed by atoms with Gasteiger partial charge in [0.1, 0.15) is 5.75 Å². The average molecular weight is 506 g/mol. The predicted octanol–water partition coefficient (Wildman–Crippen LogP) is 5.03. The molecule has 0 spiro atoms.